The third kappa shape index (κ3) is 2.84. The van der Waals surface area contributed by atoms with Crippen LogP contribution in [0.5, 0.6) is 5.75 Å². The van der Waals surface area contributed by atoms with Crippen LogP contribution in [0.2, 0.25) is 0 Å². The SMILES string of the molecule is COC(=O)c1cc(-c2cnc(Nc3ccc4[nH]ncc4c3)o2)ccc1O. The van der Waals surface area contributed by atoms with Crippen molar-refractivity contribution in [1.82, 2.24) is 15.2 Å². The Morgan fingerprint density at radius 3 is 2.96 bits per heavy atom. The Balaban J connectivity index is 1.60. The number of carbonyl (C=O) groups is 1. The highest BCUT2D eigenvalue weighted by atomic mass is 16.5. The Hall–Kier alpha value is -3.81. The quantitative estimate of drug-likeness (QED) is 0.483. The van der Waals surface area contributed by atoms with Crippen LogP contribution in [-0.2, 0) is 4.74 Å². The predicted octanol–water partition coefficient (Wildman–Crippen LogP) is 3.45. The summed E-state index contributed by atoms with van der Waals surface area (Å²) in [4.78, 5) is 15.9. The van der Waals surface area contributed by atoms with Crippen molar-refractivity contribution in [2.75, 3.05) is 12.4 Å². The number of H-pyrrole nitrogens is 1. The molecule has 0 spiro atoms. The van der Waals surface area contributed by atoms with Crippen LogP contribution in [0.4, 0.5) is 11.7 Å². The zero-order valence-corrected chi connectivity index (χ0v) is 13.7. The van der Waals surface area contributed by atoms with Gasteiger partial charge in [0, 0.05) is 16.6 Å². The molecule has 0 bridgehead atoms. The molecular weight excluding hydrogens is 336 g/mol. The highest BCUT2D eigenvalue weighted by Gasteiger charge is 2.15. The van der Waals surface area contributed by atoms with E-state index in [9.17, 15) is 9.90 Å². The summed E-state index contributed by atoms with van der Waals surface area (Å²) in [6.07, 6.45) is 3.26. The maximum absolute atomic E-state index is 11.7. The molecule has 2 aromatic heterocycles. The smallest absolute Gasteiger partial charge is 0.341 e. The number of fused-ring (bicyclic) bond motifs is 1. The molecule has 4 rings (SSSR count). The van der Waals surface area contributed by atoms with Crippen LogP contribution >= 0.6 is 0 Å². The fourth-order valence-electron chi connectivity index (χ4n) is 2.57. The van der Waals surface area contributed by atoms with Crippen molar-refractivity contribution in [3.63, 3.8) is 0 Å². The average Bonchev–Trinajstić information content (AvgIpc) is 3.30. The third-order valence-corrected chi connectivity index (χ3v) is 3.88. The Labute approximate surface area is 147 Å². The van der Waals surface area contributed by atoms with Crippen LogP contribution < -0.4 is 5.32 Å². The number of aromatic hydroxyl groups is 1. The van der Waals surface area contributed by atoms with Gasteiger partial charge in [-0.25, -0.2) is 9.78 Å². The Bertz CT molecular complexity index is 1100. The maximum atomic E-state index is 11.7. The molecule has 0 atom stereocenters. The summed E-state index contributed by atoms with van der Waals surface area (Å²) in [5, 5.41) is 20.7. The van der Waals surface area contributed by atoms with Crippen molar-refractivity contribution >= 4 is 28.6 Å². The van der Waals surface area contributed by atoms with Crippen molar-refractivity contribution in [1.29, 1.82) is 0 Å². The second-order valence-electron chi connectivity index (χ2n) is 5.55. The fourth-order valence-corrected chi connectivity index (χ4v) is 2.57. The van der Waals surface area contributed by atoms with Crippen molar-refractivity contribution in [3.05, 3.63) is 54.4 Å². The minimum atomic E-state index is -0.629. The minimum absolute atomic E-state index is 0.0568. The number of esters is 1. The van der Waals surface area contributed by atoms with Gasteiger partial charge in [-0.15, -0.1) is 0 Å². The van der Waals surface area contributed by atoms with E-state index in [1.807, 2.05) is 18.2 Å². The number of oxazole rings is 1. The molecule has 26 heavy (non-hydrogen) atoms. The van der Waals surface area contributed by atoms with Crippen LogP contribution in [0, 0.1) is 0 Å². The van der Waals surface area contributed by atoms with Gasteiger partial charge < -0.3 is 19.6 Å². The molecule has 0 unspecified atom stereocenters. The van der Waals surface area contributed by atoms with E-state index in [0.29, 0.717) is 17.3 Å². The standard InChI is InChI=1S/C18H14N4O4/c1-25-17(24)13-7-10(2-5-15(13)23)16-9-19-18(26-16)21-12-3-4-14-11(6-12)8-20-22-14/h2-9,23H,1H3,(H,19,21)(H,20,22). The number of aromatic amines is 1. The van der Waals surface area contributed by atoms with Crippen molar-refractivity contribution in [3.8, 4) is 17.1 Å². The number of nitrogens with one attached hydrogen (secondary N) is 2. The van der Waals surface area contributed by atoms with E-state index in [4.69, 9.17) is 4.42 Å². The molecule has 3 N–H and O–H groups in total. The van der Waals surface area contributed by atoms with E-state index in [1.165, 1.54) is 25.4 Å². The van der Waals surface area contributed by atoms with Gasteiger partial charge in [-0.1, -0.05) is 0 Å². The van der Waals surface area contributed by atoms with E-state index in [-0.39, 0.29) is 11.3 Å². The molecule has 0 saturated carbocycles. The molecule has 2 aromatic carbocycles. The van der Waals surface area contributed by atoms with Gasteiger partial charge in [0.15, 0.2) is 5.76 Å². The van der Waals surface area contributed by atoms with Gasteiger partial charge >= 0.3 is 5.97 Å². The van der Waals surface area contributed by atoms with Crippen LogP contribution in [0.1, 0.15) is 10.4 Å². The van der Waals surface area contributed by atoms with E-state index < -0.39 is 5.97 Å². The lowest BCUT2D eigenvalue weighted by atomic mass is 10.1. The van der Waals surface area contributed by atoms with Crippen molar-refractivity contribution < 1.29 is 19.1 Å². The summed E-state index contributed by atoms with van der Waals surface area (Å²) in [7, 11) is 1.25. The van der Waals surface area contributed by atoms with E-state index in [2.05, 4.69) is 25.2 Å². The van der Waals surface area contributed by atoms with Crippen LogP contribution in [0.3, 0.4) is 0 Å². The Morgan fingerprint density at radius 2 is 2.12 bits per heavy atom. The number of benzene rings is 2. The van der Waals surface area contributed by atoms with E-state index in [0.717, 1.165) is 16.6 Å². The molecule has 4 aromatic rings. The first-order chi connectivity index (χ1) is 12.6. The molecule has 8 heteroatoms. The first-order valence-electron chi connectivity index (χ1n) is 7.72. The molecule has 0 aliphatic carbocycles. The molecule has 2 heterocycles. The highest BCUT2D eigenvalue weighted by Crippen LogP contribution is 2.29. The van der Waals surface area contributed by atoms with Crippen molar-refractivity contribution in [2.24, 2.45) is 0 Å². The predicted molar refractivity (Wildman–Crippen MR) is 94.3 cm³/mol. The van der Waals surface area contributed by atoms with Gasteiger partial charge in [-0.05, 0) is 36.4 Å². The van der Waals surface area contributed by atoms with Gasteiger partial charge in [0.1, 0.15) is 11.3 Å². The molecule has 0 aliphatic rings. The maximum Gasteiger partial charge on any atom is 0.341 e. The molecule has 8 nitrogen and oxygen atoms in total. The van der Waals surface area contributed by atoms with Crippen LogP contribution in [-0.4, -0.2) is 33.4 Å². The number of phenols is 1. The summed E-state index contributed by atoms with van der Waals surface area (Å²) in [6.45, 7) is 0. The van der Waals surface area contributed by atoms with E-state index >= 15 is 0 Å². The summed E-state index contributed by atoms with van der Waals surface area (Å²) in [6, 6.07) is 10.5. The number of rotatable bonds is 4. The number of methoxy groups -OCH3 is 1. The highest BCUT2D eigenvalue weighted by molar-refractivity contribution is 5.93. The number of phenolic OH excluding ortho intramolecular Hbond substituents is 1. The van der Waals surface area contributed by atoms with Crippen LogP contribution in [0.25, 0.3) is 22.2 Å². The molecule has 0 aliphatic heterocycles. The lowest BCUT2D eigenvalue weighted by molar-refractivity contribution is 0.0597. The molecule has 0 amide bonds. The summed E-state index contributed by atoms with van der Waals surface area (Å²) < 4.78 is 10.4. The number of aromatic nitrogens is 3. The lowest BCUT2D eigenvalue weighted by Crippen LogP contribution is -2.01. The fraction of sp³-hybridized carbons (Fsp3) is 0.0556. The average molecular weight is 350 g/mol. The van der Waals surface area contributed by atoms with E-state index in [1.54, 1.807) is 12.3 Å². The Kier molecular flexibility index (Phi) is 3.77. The second-order valence-corrected chi connectivity index (χ2v) is 5.55. The largest absolute Gasteiger partial charge is 0.507 e. The number of carbonyl (C=O) groups excluding carboxylic acids is 1. The second kappa shape index (κ2) is 6.25. The number of anilines is 2. The van der Waals surface area contributed by atoms with Crippen molar-refractivity contribution in [2.45, 2.75) is 0 Å². The summed E-state index contributed by atoms with van der Waals surface area (Å²) in [5.41, 5.74) is 2.38. The van der Waals surface area contributed by atoms with Gasteiger partial charge in [-0.2, -0.15) is 5.10 Å². The third-order valence-electron chi connectivity index (χ3n) is 3.88. The van der Waals surface area contributed by atoms with Gasteiger partial charge in [0.25, 0.3) is 6.01 Å². The normalized spacial score (nSPS) is 10.8. The van der Waals surface area contributed by atoms with Crippen LogP contribution in [0.15, 0.2) is 53.2 Å². The molecule has 0 fully saturated rings. The Morgan fingerprint density at radius 1 is 1.23 bits per heavy atom. The first kappa shape index (κ1) is 15.7. The molecule has 0 saturated heterocycles. The lowest BCUT2D eigenvalue weighted by Gasteiger charge is -2.04. The summed E-state index contributed by atoms with van der Waals surface area (Å²) >= 11 is 0. The number of hydrogen-bond donors (Lipinski definition) is 3. The van der Waals surface area contributed by atoms with Gasteiger partial charge in [-0.3, -0.25) is 5.10 Å². The zero-order chi connectivity index (χ0) is 18.1. The zero-order valence-electron chi connectivity index (χ0n) is 13.7. The first-order valence-corrected chi connectivity index (χ1v) is 7.72. The van der Waals surface area contributed by atoms with Gasteiger partial charge in [0.05, 0.1) is 25.0 Å². The summed E-state index contributed by atoms with van der Waals surface area (Å²) in [5.74, 6) is -0.343. The minimum Gasteiger partial charge on any atom is -0.507 e. The monoisotopic (exact) mass is 350 g/mol. The number of hydrogen-bond acceptors (Lipinski definition) is 7. The molecule has 0 radical (unpaired) electrons. The topological polar surface area (TPSA) is 113 Å². The number of nitrogens with zero attached hydrogens (tertiary/aromatic N) is 2. The molecular formula is C18H14N4O4. The molecule has 130 valence electrons. The number of ether oxygens (including phenoxy) is 1. The van der Waals surface area contributed by atoms with Gasteiger partial charge in [0.2, 0.25) is 0 Å².